The molecule has 2 aromatic carbocycles. The van der Waals surface area contributed by atoms with Gasteiger partial charge in [0.2, 0.25) is 0 Å². The highest BCUT2D eigenvalue weighted by atomic mass is 32.2. The molecule has 1 unspecified atom stereocenters. The van der Waals surface area contributed by atoms with Crippen LogP contribution in [0.2, 0.25) is 0 Å². The summed E-state index contributed by atoms with van der Waals surface area (Å²) in [5, 5.41) is 3.64. The zero-order chi connectivity index (χ0) is 22.5. The number of nitrogens with one attached hydrogen (secondary N) is 1. The summed E-state index contributed by atoms with van der Waals surface area (Å²) in [6.45, 7) is 4.83. The van der Waals surface area contributed by atoms with Crippen molar-refractivity contribution in [3.05, 3.63) is 83.6 Å². The van der Waals surface area contributed by atoms with Gasteiger partial charge in [0.25, 0.3) is 11.8 Å². The molecule has 0 spiro atoms. The summed E-state index contributed by atoms with van der Waals surface area (Å²) in [7, 11) is 0. The molecule has 1 aromatic heterocycles. The Hall–Kier alpha value is -3.12. The first kappa shape index (κ1) is 22.1. The Labute approximate surface area is 193 Å². The summed E-state index contributed by atoms with van der Waals surface area (Å²) < 4.78 is 0. The van der Waals surface area contributed by atoms with Crippen molar-refractivity contribution in [1.82, 2.24) is 9.88 Å². The number of carbonyl (C=O) groups is 2. The van der Waals surface area contributed by atoms with Crippen LogP contribution in [0.1, 0.15) is 52.5 Å². The Morgan fingerprint density at radius 2 is 1.88 bits per heavy atom. The van der Waals surface area contributed by atoms with Crippen molar-refractivity contribution in [2.24, 2.45) is 0 Å². The molecule has 6 heteroatoms. The Balaban J connectivity index is 1.50. The number of pyridine rings is 1. The number of hydrogen-bond donors (Lipinski definition) is 1. The topological polar surface area (TPSA) is 62.3 Å². The van der Waals surface area contributed by atoms with Gasteiger partial charge in [0, 0.05) is 34.9 Å². The van der Waals surface area contributed by atoms with Crippen molar-refractivity contribution in [3.63, 3.8) is 0 Å². The number of likely N-dealkylation sites (tertiary alicyclic amines) is 1. The lowest BCUT2D eigenvalue weighted by molar-refractivity contribution is 0.0635. The number of hydrogen-bond acceptors (Lipinski definition) is 4. The van der Waals surface area contributed by atoms with E-state index in [1.54, 1.807) is 24.4 Å². The first-order valence-electron chi connectivity index (χ1n) is 10.9. The van der Waals surface area contributed by atoms with E-state index in [1.807, 2.05) is 54.3 Å². The van der Waals surface area contributed by atoms with Crippen LogP contribution in [-0.4, -0.2) is 34.3 Å². The Morgan fingerprint density at radius 3 is 2.62 bits per heavy atom. The van der Waals surface area contributed by atoms with E-state index in [1.165, 1.54) is 18.2 Å². The summed E-state index contributed by atoms with van der Waals surface area (Å²) in [6, 6.07) is 19.1. The molecule has 0 radical (unpaired) electrons. The van der Waals surface area contributed by atoms with Gasteiger partial charge in [-0.1, -0.05) is 30.0 Å². The number of benzene rings is 2. The van der Waals surface area contributed by atoms with Gasteiger partial charge in [-0.2, -0.15) is 0 Å². The average Bonchev–Trinajstić information content (AvgIpc) is 2.81. The molecule has 1 atom stereocenters. The molecule has 0 bridgehead atoms. The van der Waals surface area contributed by atoms with Gasteiger partial charge in [-0.25, -0.2) is 4.98 Å². The predicted molar refractivity (Wildman–Crippen MR) is 128 cm³/mol. The second-order valence-corrected chi connectivity index (χ2v) is 9.16. The zero-order valence-corrected chi connectivity index (χ0v) is 19.2. The molecule has 164 valence electrons. The van der Waals surface area contributed by atoms with Gasteiger partial charge in [0.15, 0.2) is 0 Å². The van der Waals surface area contributed by atoms with Crippen LogP contribution < -0.4 is 5.32 Å². The number of amides is 2. The maximum absolute atomic E-state index is 13.0. The molecule has 1 saturated heterocycles. The Bertz CT molecular complexity index is 1120. The summed E-state index contributed by atoms with van der Waals surface area (Å²) in [5.74, 6) is -0.157. The molecule has 2 amide bonds. The van der Waals surface area contributed by atoms with Crippen molar-refractivity contribution >= 4 is 29.3 Å². The minimum atomic E-state index is -0.219. The maximum atomic E-state index is 13.0. The summed E-state index contributed by atoms with van der Waals surface area (Å²) in [5.41, 5.74) is 2.73. The van der Waals surface area contributed by atoms with Crippen molar-refractivity contribution < 1.29 is 9.59 Å². The second kappa shape index (κ2) is 10.0. The second-order valence-electron chi connectivity index (χ2n) is 8.10. The monoisotopic (exact) mass is 445 g/mol. The van der Waals surface area contributed by atoms with Crippen LogP contribution in [0.3, 0.4) is 0 Å². The molecule has 1 aliphatic heterocycles. The quantitative estimate of drug-likeness (QED) is 0.538. The molecule has 1 aliphatic rings. The third-order valence-corrected chi connectivity index (χ3v) is 6.79. The van der Waals surface area contributed by atoms with Crippen molar-refractivity contribution in [2.45, 2.75) is 49.1 Å². The lowest BCUT2D eigenvalue weighted by Crippen LogP contribution is -2.42. The van der Waals surface area contributed by atoms with E-state index >= 15 is 0 Å². The van der Waals surface area contributed by atoms with Crippen molar-refractivity contribution in [3.8, 4) is 0 Å². The number of piperidine rings is 1. The summed E-state index contributed by atoms with van der Waals surface area (Å²) in [4.78, 5) is 33.4. The Morgan fingerprint density at radius 1 is 1.06 bits per heavy atom. The molecule has 1 fully saturated rings. The smallest absolute Gasteiger partial charge is 0.258 e. The lowest BCUT2D eigenvalue weighted by Gasteiger charge is -2.33. The summed E-state index contributed by atoms with van der Waals surface area (Å²) >= 11 is 1.46. The number of rotatable bonds is 5. The molecule has 4 rings (SSSR count). The maximum Gasteiger partial charge on any atom is 0.258 e. The molecule has 1 N–H and O–H groups in total. The Kier molecular flexibility index (Phi) is 6.90. The van der Waals surface area contributed by atoms with E-state index in [9.17, 15) is 9.59 Å². The molecule has 5 nitrogen and oxygen atoms in total. The van der Waals surface area contributed by atoms with Crippen molar-refractivity contribution in [1.29, 1.82) is 0 Å². The van der Waals surface area contributed by atoms with Crippen LogP contribution in [0, 0.1) is 6.92 Å². The molecular weight excluding hydrogens is 418 g/mol. The molecule has 32 heavy (non-hydrogen) atoms. The minimum Gasteiger partial charge on any atom is -0.336 e. The fraction of sp³-hybridized carbons (Fsp3) is 0.269. The zero-order valence-electron chi connectivity index (χ0n) is 18.4. The van der Waals surface area contributed by atoms with Crippen LogP contribution in [0.4, 0.5) is 5.69 Å². The fourth-order valence-corrected chi connectivity index (χ4v) is 4.84. The number of nitrogens with zero attached hydrogens (tertiary/aromatic N) is 2. The third-order valence-electron chi connectivity index (χ3n) is 5.76. The van der Waals surface area contributed by atoms with Crippen LogP contribution >= 0.6 is 11.8 Å². The van der Waals surface area contributed by atoms with Gasteiger partial charge in [-0.15, -0.1) is 0 Å². The summed E-state index contributed by atoms with van der Waals surface area (Å²) in [6.07, 6.45) is 4.97. The van der Waals surface area contributed by atoms with E-state index in [0.717, 1.165) is 29.8 Å². The van der Waals surface area contributed by atoms with E-state index in [2.05, 4.69) is 17.2 Å². The van der Waals surface area contributed by atoms with Crippen LogP contribution in [0.5, 0.6) is 0 Å². The largest absolute Gasteiger partial charge is 0.336 e. The number of carbonyl (C=O) groups excluding carboxylic acids is 2. The van der Waals surface area contributed by atoms with Crippen LogP contribution in [-0.2, 0) is 0 Å². The normalized spacial score (nSPS) is 15.9. The predicted octanol–water partition coefficient (Wildman–Crippen LogP) is 5.81. The average molecular weight is 446 g/mol. The van der Waals surface area contributed by atoms with Gasteiger partial charge in [0.05, 0.1) is 5.56 Å². The molecule has 0 saturated carbocycles. The molecule has 3 aromatic rings. The molecule has 0 aliphatic carbocycles. The lowest BCUT2D eigenvalue weighted by atomic mass is 10.0. The van der Waals surface area contributed by atoms with E-state index in [0.29, 0.717) is 21.8 Å². The minimum absolute atomic E-state index is 0.0620. The highest BCUT2D eigenvalue weighted by Crippen LogP contribution is 2.29. The van der Waals surface area contributed by atoms with Gasteiger partial charge >= 0.3 is 0 Å². The highest BCUT2D eigenvalue weighted by molar-refractivity contribution is 7.99. The van der Waals surface area contributed by atoms with Crippen LogP contribution in [0.25, 0.3) is 0 Å². The van der Waals surface area contributed by atoms with E-state index in [-0.39, 0.29) is 17.9 Å². The number of anilines is 1. The fourth-order valence-electron chi connectivity index (χ4n) is 3.94. The highest BCUT2D eigenvalue weighted by Gasteiger charge is 2.24. The standard InChI is InChI=1S/C26H27N3O2S/c1-18-17-20(26(31)29-16-7-6-9-19(29)2)13-14-23(18)28-24(30)22-12-8-15-27-25(22)32-21-10-4-3-5-11-21/h3-5,8,10-15,17,19H,6-7,9,16H2,1-2H3,(H,28,30). The first-order valence-corrected chi connectivity index (χ1v) is 11.8. The van der Waals surface area contributed by atoms with E-state index in [4.69, 9.17) is 0 Å². The first-order chi connectivity index (χ1) is 15.5. The van der Waals surface area contributed by atoms with E-state index < -0.39 is 0 Å². The van der Waals surface area contributed by atoms with Crippen LogP contribution in [0.15, 0.2) is 76.8 Å². The third kappa shape index (κ3) is 5.02. The molecular formula is C26H27N3O2S. The van der Waals surface area contributed by atoms with Gasteiger partial charge in [-0.05, 0) is 81.1 Å². The SMILES string of the molecule is Cc1cc(C(=O)N2CCCCC2C)ccc1NC(=O)c1cccnc1Sc1ccccc1. The van der Waals surface area contributed by atoms with Gasteiger partial charge in [-0.3, -0.25) is 9.59 Å². The number of aromatic nitrogens is 1. The van der Waals surface area contributed by atoms with Gasteiger partial charge < -0.3 is 10.2 Å². The van der Waals surface area contributed by atoms with Crippen molar-refractivity contribution in [2.75, 3.05) is 11.9 Å². The molecule has 2 heterocycles. The van der Waals surface area contributed by atoms with Gasteiger partial charge in [0.1, 0.15) is 5.03 Å². The number of aryl methyl sites for hydroxylation is 1.